The lowest BCUT2D eigenvalue weighted by Crippen LogP contribution is -2.26. The SMILES string of the molecule is C[Si](C)(C)OCCSCCSSCCO[Si](C)(C)C. The van der Waals surface area contributed by atoms with E-state index in [1.807, 2.05) is 33.3 Å². The summed E-state index contributed by atoms with van der Waals surface area (Å²) in [5, 5.41) is 0. The molecule has 0 bridgehead atoms. The number of rotatable bonds is 12. The average molecular weight is 359 g/mol. The van der Waals surface area contributed by atoms with Crippen LogP contribution in [0.15, 0.2) is 0 Å². The first-order valence-electron chi connectivity index (χ1n) is 6.81. The maximum Gasteiger partial charge on any atom is 0.183 e. The predicted octanol–water partition coefficient (Wildman–Crippen LogP) is 4.80. The first kappa shape index (κ1) is 20.4. The maximum atomic E-state index is 5.81. The van der Waals surface area contributed by atoms with Crippen molar-refractivity contribution in [2.45, 2.75) is 39.3 Å². The van der Waals surface area contributed by atoms with Gasteiger partial charge >= 0.3 is 0 Å². The first-order chi connectivity index (χ1) is 8.71. The van der Waals surface area contributed by atoms with E-state index in [0.717, 1.165) is 24.7 Å². The summed E-state index contributed by atoms with van der Waals surface area (Å²) in [6.45, 7) is 15.3. The topological polar surface area (TPSA) is 18.5 Å². The Morgan fingerprint density at radius 3 is 1.63 bits per heavy atom. The average Bonchev–Trinajstić information content (AvgIpc) is 2.22. The van der Waals surface area contributed by atoms with Crippen LogP contribution in [0.25, 0.3) is 0 Å². The van der Waals surface area contributed by atoms with Gasteiger partial charge in [0.1, 0.15) is 0 Å². The Hall–Kier alpha value is 1.40. The van der Waals surface area contributed by atoms with Crippen LogP contribution in [0.4, 0.5) is 0 Å². The van der Waals surface area contributed by atoms with Crippen LogP contribution in [0.2, 0.25) is 39.3 Å². The van der Waals surface area contributed by atoms with Crippen LogP contribution in [-0.4, -0.2) is 52.9 Å². The summed E-state index contributed by atoms with van der Waals surface area (Å²) >= 11 is 2.00. The molecule has 0 aliphatic heterocycles. The van der Waals surface area contributed by atoms with Gasteiger partial charge in [-0.25, -0.2) is 0 Å². The number of hydrogen-bond acceptors (Lipinski definition) is 5. The van der Waals surface area contributed by atoms with Crippen molar-refractivity contribution in [2.24, 2.45) is 0 Å². The summed E-state index contributed by atoms with van der Waals surface area (Å²) in [6, 6.07) is 0. The summed E-state index contributed by atoms with van der Waals surface area (Å²) in [7, 11) is 1.31. The molecule has 0 unspecified atom stereocenters. The molecule has 0 radical (unpaired) electrons. The molecule has 0 saturated carbocycles. The fourth-order valence-electron chi connectivity index (χ4n) is 1.10. The Bertz CT molecular complexity index is 196. The van der Waals surface area contributed by atoms with E-state index in [0.29, 0.717) is 0 Å². The Morgan fingerprint density at radius 2 is 1.11 bits per heavy atom. The van der Waals surface area contributed by atoms with E-state index in [2.05, 4.69) is 39.3 Å². The van der Waals surface area contributed by atoms with Gasteiger partial charge in [-0.05, 0) is 39.3 Å². The molecule has 0 spiro atoms. The van der Waals surface area contributed by atoms with E-state index in [1.54, 1.807) is 0 Å². The Balaban J connectivity index is 3.12. The lowest BCUT2D eigenvalue weighted by molar-refractivity contribution is 0.338. The van der Waals surface area contributed by atoms with Crippen molar-refractivity contribution in [3.05, 3.63) is 0 Å². The summed E-state index contributed by atoms with van der Waals surface area (Å²) in [5.41, 5.74) is 0. The standard InChI is InChI=1S/C12H30O2S3Si2/c1-18(2,3)13-7-9-15-11-12-17-16-10-8-14-19(4,5)6/h7-12H2,1-6H3. The zero-order valence-electron chi connectivity index (χ0n) is 13.3. The Labute approximate surface area is 134 Å². The van der Waals surface area contributed by atoms with Crippen molar-refractivity contribution in [3.63, 3.8) is 0 Å². The third kappa shape index (κ3) is 19.4. The predicted molar refractivity (Wildman–Crippen MR) is 101 cm³/mol. The van der Waals surface area contributed by atoms with Gasteiger partial charge in [0, 0.05) is 36.2 Å². The molecule has 7 heteroatoms. The highest BCUT2D eigenvalue weighted by molar-refractivity contribution is 8.76. The highest BCUT2D eigenvalue weighted by Crippen LogP contribution is 2.22. The van der Waals surface area contributed by atoms with Crippen LogP contribution in [0.5, 0.6) is 0 Å². The molecule has 0 fully saturated rings. The molecule has 0 atom stereocenters. The van der Waals surface area contributed by atoms with E-state index in [-0.39, 0.29) is 0 Å². The van der Waals surface area contributed by atoms with Crippen LogP contribution in [0.3, 0.4) is 0 Å². The Morgan fingerprint density at radius 1 is 0.632 bits per heavy atom. The third-order valence-corrected chi connectivity index (χ3v) is 7.58. The van der Waals surface area contributed by atoms with Gasteiger partial charge in [0.05, 0.1) is 0 Å². The number of hydrogen-bond donors (Lipinski definition) is 0. The summed E-state index contributed by atoms with van der Waals surface area (Å²) in [5.74, 6) is 4.68. The van der Waals surface area contributed by atoms with Gasteiger partial charge in [0.25, 0.3) is 0 Å². The van der Waals surface area contributed by atoms with Gasteiger partial charge in [-0.3, -0.25) is 0 Å². The van der Waals surface area contributed by atoms with Crippen molar-refractivity contribution >= 4 is 50.0 Å². The van der Waals surface area contributed by atoms with E-state index in [1.165, 1.54) is 11.5 Å². The van der Waals surface area contributed by atoms with Gasteiger partial charge in [0.2, 0.25) is 0 Å². The highest BCUT2D eigenvalue weighted by Gasteiger charge is 2.13. The second kappa shape index (κ2) is 11.0. The maximum absolute atomic E-state index is 5.81. The second-order valence-electron chi connectivity index (χ2n) is 6.18. The summed E-state index contributed by atoms with van der Waals surface area (Å²) in [6.07, 6.45) is 0. The molecule has 0 aliphatic rings. The Kier molecular flexibility index (Phi) is 11.9. The zero-order chi connectivity index (χ0) is 14.8. The van der Waals surface area contributed by atoms with Gasteiger partial charge in [-0.1, -0.05) is 21.6 Å². The van der Waals surface area contributed by atoms with Crippen molar-refractivity contribution in [1.29, 1.82) is 0 Å². The molecule has 0 saturated heterocycles. The smallest absolute Gasteiger partial charge is 0.183 e. The summed E-state index contributed by atoms with van der Waals surface area (Å²) < 4.78 is 11.6. The molecular formula is C12H30O2S3Si2. The molecular weight excluding hydrogens is 329 g/mol. The van der Waals surface area contributed by atoms with Crippen molar-refractivity contribution in [1.82, 2.24) is 0 Å². The van der Waals surface area contributed by atoms with Crippen LogP contribution >= 0.6 is 33.3 Å². The van der Waals surface area contributed by atoms with Gasteiger partial charge < -0.3 is 8.85 Å². The van der Waals surface area contributed by atoms with Crippen LogP contribution in [0, 0.1) is 0 Å². The molecule has 0 aromatic carbocycles. The molecule has 0 aromatic heterocycles. The first-order valence-corrected chi connectivity index (χ1v) is 17.3. The fourth-order valence-corrected chi connectivity index (χ4v) is 5.89. The molecule has 0 aromatic rings. The molecule has 2 nitrogen and oxygen atoms in total. The molecule has 0 aliphatic carbocycles. The highest BCUT2D eigenvalue weighted by atomic mass is 33.1. The van der Waals surface area contributed by atoms with Crippen LogP contribution in [-0.2, 0) is 8.85 Å². The van der Waals surface area contributed by atoms with Crippen LogP contribution < -0.4 is 0 Å². The third-order valence-electron chi connectivity index (χ3n) is 1.86. The molecule has 116 valence electrons. The van der Waals surface area contributed by atoms with Crippen molar-refractivity contribution < 1.29 is 8.85 Å². The molecule has 19 heavy (non-hydrogen) atoms. The quantitative estimate of drug-likeness (QED) is 0.282. The van der Waals surface area contributed by atoms with Gasteiger partial charge in [0.15, 0.2) is 16.6 Å². The minimum atomic E-state index is -1.30. The van der Waals surface area contributed by atoms with E-state index in [9.17, 15) is 0 Å². The van der Waals surface area contributed by atoms with E-state index in [4.69, 9.17) is 8.85 Å². The second-order valence-corrected chi connectivity index (χ2v) is 19.1. The lowest BCUT2D eigenvalue weighted by Gasteiger charge is -2.16. The summed E-state index contributed by atoms with van der Waals surface area (Å²) in [4.78, 5) is 0. The minimum Gasteiger partial charge on any atom is -0.417 e. The van der Waals surface area contributed by atoms with Crippen molar-refractivity contribution in [2.75, 3.05) is 36.2 Å². The van der Waals surface area contributed by atoms with E-state index >= 15 is 0 Å². The van der Waals surface area contributed by atoms with Gasteiger partial charge in [-0.2, -0.15) is 11.8 Å². The lowest BCUT2D eigenvalue weighted by atomic mass is 10.9. The molecule has 0 amide bonds. The minimum absolute atomic E-state index is 0.907. The number of thioether (sulfide) groups is 1. The molecule has 0 heterocycles. The van der Waals surface area contributed by atoms with E-state index < -0.39 is 16.6 Å². The zero-order valence-corrected chi connectivity index (χ0v) is 17.7. The largest absolute Gasteiger partial charge is 0.417 e. The monoisotopic (exact) mass is 358 g/mol. The molecule has 0 rings (SSSR count). The normalized spacial score (nSPS) is 12.9. The molecule has 0 N–H and O–H groups in total. The van der Waals surface area contributed by atoms with Crippen LogP contribution in [0.1, 0.15) is 0 Å². The van der Waals surface area contributed by atoms with Gasteiger partial charge in [-0.15, -0.1) is 0 Å². The van der Waals surface area contributed by atoms with Crippen molar-refractivity contribution in [3.8, 4) is 0 Å². The fraction of sp³-hybridized carbons (Fsp3) is 1.00.